The summed E-state index contributed by atoms with van der Waals surface area (Å²) in [5.41, 5.74) is 6.21. The van der Waals surface area contributed by atoms with Crippen molar-refractivity contribution in [1.29, 1.82) is 5.26 Å². The van der Waals surface area contributed by atoms with Crippen molar-refractivity contribution in [3.05, 3.63) is 121 Å². The molecule has 0 spiro atoms. The fraction of sp³-hybridized carbons (Fsp3) is 0.171. The van der Waals surface area contributed by atoms with E-state index in [-0.39, 0.29) is 0 Å². The van der Waals surface area contributed by atoms with Gasteiger partial charge in [0, 0.05) is 22.1 Å². The molecule has 0 amide bonds. The van der Waals surface area contributed by atoms with Crippen LogP contribution in [0, 0.1) is 11.3 Å². The molecule has 0 aliphatic carbocycles. The third kappa shape index (κ3) is 4.56. The lowest BCUT2D eigenvalue weighted by molar-refractivity contribution is 0.00578. The van der Waals surface area contributed by atoms with Gasteiger partial charge in [0.15, 0.2) is 0 Å². The van der Waals surface area contributed by atoms with Gasteiger partial charge >= 0.3 is 7.12 Å². The van der Waals surface area contributed by atoms with Crippen LogP contribution in [0.3, 0.4) is 0 Å². The van der Waals surface area contributed by atoms with Crippen LogP contribution in [0.2, 0.25) is 0 Å². The molecule has 4 nitrogen and oxygen atoms in total. The van der Waals surface area contributed by atoms with Gasteiger partial charge in [-0.1, -0.05) is 78.9 Å². The highest BCUT2D eigenvalue weighted by molar-refractivity contribution is 6.62. The average molecular weight is 522 g/mol. The van der Waals surface area contributed by atoms with Crippen molar-refractivity contribution < 1.29 is 9.31 Å². The smallest absolute Gasteiger partial charge is 0.399 e. The highest BCUT2D eigenvalue weighted by Crippen LogP contribution is 2.41. The Hall–Kier alpha value is -4.37. The summed E-state index contributed by atoms with van der Waals surface area (Å²) in [6.45, 7) is 8.27. The molecule has 1 fully saturated rings. The molecule has 1 saturated heterocycles. The largest absolute Gasteiger partial charge is 0.494 e. The second-order valence-electron chi connectivity index (χ2n) is 11.2. The normalized spacial score (nSPS) is 15.6. The molecule has 40 heavy (non-hydrogen) atoms. The Kier molecular flexibility index (Phi) is 6.46. The summed E-state index contributed by atoms with van der Waals surface area (Å²) in [5.74, 6) is 0. The van der Waals surface area contributed by atoms with Crippen LogP contribution in [0.4, 0.5) is 17.1 Å². The first-order valence-corrected chi connectivity index (χ1v) is 13.6. The number of hydrogen-bond acceptors (Lipinski definition) is 4. The van der Waals surface area contributed by atoms with Gasteiger partial charge in [-0.3, -0.25) is 0 Å². The van der Waals surface area contributed by atoms with Crippen molar-refractivity contribution in [2.45, 2.75) is 38.9 Å². The third-order valence-corrected chi connectivity index (χ3v) is 8.17. The lowest BCUT2D eigenvalue weighted by Crippen LogP contribution is -2.41. The van der Waals surface area contributed by atoms with Crippen molar-refractivity contribution in [2.24, 2.45) is 0 Å². The molecule has 0 saturated carbocycles. The van der Waals surface area contributed by atoms with Gasteiger partial charge in [0.1, 0.15) is 0 Å². The van der Waals surface area contributed by atoms with E-state index >= 15 is 0 Å². The van der Waals surface area contributed by atoms with Crippen LogP contribution in [-0.4, -0.2) is 18.3 Å². The number of rotatable bonds is 5. The van der Waals surface area contributed by atoms with E-state index in [4.69, 9.17) is 9.31 Å². The van der Waals surface area contributed by atoms with Crippen LogP contribution in [0.5, 0.6) is 0 Å². The molecule has 0 unspecified atom stereocenters. The molecule has 0 radical (unpaired) electrons. The van der Waals surface area contributed by atoms with Gasteiger partial charge in [-0.25, -0.2) is 0 Å². The molecule has 5 aromatic rings. The van der Waals surface area contributed by atoms with E-state index in [2.05, 4.69) is 118 Å². The molecular formula is C35H31BN2O2. The van der Waals surface area contributed by atoms with E-state index in [1.54, 1.807) is 0 Å². The summed E-state index contributed by atoms with van der Waals surface area (Å²) in [6.07, 6.45) is 0. The Bertz CT molecular complexity index is 1690. The number of nitrogens with zero attached hydrogens (tertiary/aromatic N) is 2. The quantitative estimate of drug-likeness (QED) is 0.219. The predicted octanol–water partition coefficient (Wildman–Crippen LogP) is 8.15. The fourth-order valence-electron chi connectivity index (χ4n) is 5.20. The Morgan fingerprint density at radius 2 is 1.12 bits per heavy atom. The van der Waals surface area contributed by atoms with E-state index in [9.17, 15) is 5.26 Å². The first-order valence-electron chi connectivity index (χ1n) is 13.6. The van der Waals surface area contributed by atoms with E-state index in [1.165, 1.54) is 5.56 Å². The van der Waals surface area contributed by atoms with Crippen molar-refractivity contribution in [2.75, 3.05) is 4.90 Å². The zero-order valence-corrected chi connectivity index (χ0v) is 23.3. The maximum Gasteiger partial charge on any atom is 0.494 e. The summed E-state index contributed by atoms with van der Waals surface area (Å²) in [7, 11) is -0.423. The minimum absolute atomic E-state index is 0.399. The summed E-state index contributed by atoms with van der Waals surface area (Å²) in [6, 6.07) is 41.7. The molecule has 0 N–H and O–H groups in total. The average Bonchev–Trinajstić information content (AvgIpc) is 3.20. The highest BCUT2D eigenvalue weighted by atomic mass is 16.7. The van der Waals surface area contributed by atoms with Gasteiger partial charge in [-0.15, -0.1) is 0 Å². The van der Waals surface area contributed by atoms with E-state index in [1.807, 2.05) is 36.4 Å². The number of anilines is 3. The summed E-state index contributed by atoms with van der Waals surface area (Å²) in [4.78, 5) is 2.24. The third-order valence-electron chi connectivity index (χ3n) is 8.17. The van der Waals surface area contributed by atoms with Crippen molar-refractivity contribution in [1.82, 2.24) is 0 Å². The maximum atomic E-state index is 9.76. The first kappa shape index (κ1) is 25.9. The van der Waals surface area contributed by atoms with Crippen LogP contribution in [0.15, 0.2) is 115 Å². The molecular weight excluding hydrogens is 491 g/mol. The Morgan fingerprint density at radius 1 is 0.600 bits per heavy atom. The van der Waals surface area contributed by atoms with Crippen LogP contribution < -0.4 is 10.4 Å². The number of nitriles is 1. The van der Waals surface area contributed by atoms with Gasteiger partial charge in [0.2, 0.25) is 0 Å². The van der Waals surface area contributed by atoms with Gasteiger partial charge < -0.3 is 14.2 Å². The van der Waals surface area contributed by atoms with Crippen LogP contribution in [-0.2, 0) is 9.31 Å². The predicted molar refractivity (Wildman–Crippen MR) is 164 cm³/mol. The Morgan fingerprint density at radius 3 is 1.73 bits per heavy atom. The van der Waals surface area contributed by atoms with Gasteiger partial charge in [-0.05, 0) is 80.7 Å². The lowest BCUT2D eigenvalue weighted by atomic mass is 9.79. The lowest BCUT2D eigenvalue weighted by Gasteiger charge is -2.32. The standard InChI is InChI=1S/C35H31BN2O2/c1-34(2)35(3,4)40-36(39-34)28-17-21-30(22-18-28)38(29-19-14-26(15-20-29)25-10-6-5-7-11-25)33-23-16-27(24-37)31-12-8-9-13-32(31)33/h5-23H,1-4H3. The molecule has 1 heterocycles. The van der Waals surface area contributed by atoms with Gasteiger partial charge in [0.05, 0.1) is 28.5 Å². The molecule has 5 heteroatoms. The maximum absolute atomic E-state index is 9.76. The number of fused-ring (bicyclic) bond motifs is 1. The monoisotopic (exact) mass is 522 g/mol. The minimum Gasteiger partial charge on any atom is -0.399 e. The molecule has 5 aromatic carbocycles. The van der Waals surface area contributed by atoms with E-state index in [0.29, 0.717) is 5.56 Å². The SMILES string of the molecule is CC1(C)OB(c2ccc(N(c3ccc(-c4ccccc4)cc3)c3ccc(C#N)c4ccccc34)cc2)OC1(C)C. The first-order chi connectivity index (χ1) is 19.3. The van der Waals surface area contributed by atoms with Crippen molar-refractivity contribution >= 4 is 40.4 Å². The fourth-order valence-corrected chi connectivity index (χ4v) is 5.20. The van der Waals surface area contributed by atoms with Crippen LogP contribution in [0.1, 0.15) is 33.3 Å². The molecule has 196 valence electrons. The van der Waals surface area contributed by atoms with E-state index in [0.717, 1.165) is 38.9 Å². The summed E-state index contributed by atoms with van der Waals surface area (Å²) >= 11 is 0. The number of benzene rings is 5. The molecule has 1 aliphatic rings. The zero-order valence-electron chi connectivity index (χ0n) is 23.3. The van der Waals surface area contributed by atoms with Crippen LogP contribution >= 0.6 is 0 Å². The molecule has 1 aliphatic heterocycles. The molecule has 6 rings (SSSR count). The Labute approximate surface area is 236 Å². The van der Waals surface area contributed by atoms with Crippen LogP contribution in [0.25, 0.3) is 21.9 Å². The van der Waals surface area contributed by atoms with Gasteiger partial charge in [-0.2, -0.15) is 5.26 Å². The van der Waals surface area contributed by atoms with Crippen molar-refractivity contribution in [3.8, 4) is 17.2 Å². The van der Waals surface area contributed by atoms with Gasteiger partial charge in [0.25, 0.3) is 0 Å². The van der Waals surface area contributed by atoms with E-state index < -0.39 is 18.3 Å². The zero-order chi connectivity index (χ0) is 27.9. The summed E-state index contributed by atoms with van der Waals surface area (Å²) < 4.78 is 12.6. The topological polar surface area (TPSA) is 45.5 Å². The highest BCUT2D eigenvalue weighted by Gasteiger charge is 2.51. The molecule has 0 bridgehead atoms. The second kappa shape index (κ2) is 9.99. The number of hydrogen-bond donors (Lipinski definition) is 0. The summed E-state index contributed by atoms with van der Waals surface area (Å²) in [5, 5.41) is 11.7. The van der Waals surface area contributed by atoms with Crippen molar-refractivity contribution in [3.63, 3.8) is 0 Å². The second-order valence-corrected chi connectivity index (χ2v) is 11.2. The molecule has 0 aromatic heterocycles. The Balaban J connectivity index is 1.44. The minimum atomic E-state index is -0.423. The molecule has 0 atom stereocenters.